The lowest BCUT2D eigenvalue weighted by atomic mass is 10.1. The molecule has 1 amide bonds. The van der Waals surface area contributed by atoms with Crippen molar-refractivity contribution < 1.29 is 9.32 Å². The number of hydrogen-bond acceptors (Lipinski definition) is 4. The molecule has 0 fully saturated rings. The summed E-state index contributed by atoms with van der Waals surface area (Å²) in [5.41, 5.74) is 3.75. The molecule has 21 heavy (non-hydrogen) atoms. The van der Waals surface area contributed by atoms with Gasteiger partial charge in [-0.3, -0.25) is 9.78 Å². The van der Waals surface area contributed by atoms with E-state index < -0.39 is 0 Å². The van der Waals surface area contributed by atoms with Gasteiger partial charge in [0.15, 0.2) is 0 Å². The molecule has 106 valence electrons. The molecule has 3 rings (SSSR count). The number of amides is 1. The summed E-state index contributed by atoms with van der Waals surface area (Å²) in [6, 6.07) is 7.62. The normalized spacial score (nSPS) is 10.8. The van der Waals surface area contributed by atoms with Crippen LogP contribution < -0.4 is 5.32 Å². The molecule has 0 bridgehead atoms. The molecule has 0 atom stereocenters. The van der Waals surface area contributed by atoms with Crippen molar-refractivity contribution in [2.24, 2.45) is 0 Å². The fourth-order valence-corrected chi connectivity index (χ4v) is 2.41. The lowest BCUT2D eigenvalue weighted by molar-refractivity contribution is 0.102. The summed E-state index contributed by atoms with van der Waals surface area (Å²) in [5, 5.41) is 7.64. The van der Waals surface area contributed by atoms with Crippen LogP contribution in [0.15, 0.2) is 35.0 Å². The second kappa shape index (κ2) is 5.01. The molecule has 0 unspecified atom stereocenters. The van der Waals surface area contributed by atoms with Crippen molar-refractivity contribution in [1.82, 2.24) is 10.1 Å². The van der Waals surface area contributed by atoms with Crippen LogP contribution in [0, 0.1) is 20.8 Å². The Labute approximate surface area is 122 Å². The molecular weight excluding hydrogens is 266 g/mol. The van der Waals surface area contributed by atoms with Gasteiger partial charge < -0.3 is 9.84 Å². The number of anilines is 1. The Morgan fingerprint density at radius 1 is 1.19 bits per heavy atom. The third-order valence-electron chi connectivity index (χ3n) is 3.48. The lowest BCUT2D eigenvalue weighted by Crippen LogP contribution is -2.14. The molecule has 0 aliphatic heterocycles. The highest BCUT2D eigenvalue weighted by molar-refractivity contribution is 6.09. The van der Waals surface area contributed by atoms with Gasteiger partial charge in [0.25, 0.3) is 5.91 Å². The number of benzene rings is 1. The van der Waals surface area contributed by atoms with E-state index in [9.17, 15) is 4.79 Å². The van der Waals surface area contributed by atoms with Crippen LogP contribution in [-0.4, -0.2) is 16.0 Å². The van der Waals surface area contributed by atoms with E-state index in [4.69, 9.17) is 4.52 Å². The maximum Gasteiger partial charge on any atom is 0.261 e. The van der Waals surface area contributed by atoms with Crippen LogP contribution in [0.4, 0.5) is 5.69 Å². The molecule has 0 spiro atoms. The first-order valence-electron chi connectivity index (χ1n) is 6.66. The number of pyridine rings is 1. The summed E-state index contributed by atoms with van der Waals surface area (Å²) in [6.45, 7) is 5.47. The zero-order valence-electron chi connectivity index (χ0n) is 12.1. The first-order valence-corrected chi connectivity index (χ1v) is 6.66. The van der Waals surface area contributed by atoms with Gasteiger partial charge in [0, 0.05) is 11.6 Å². The van der Waals surface area contributed by atoms with Gasteiger partial charge in [0.05, 0.1) is 16.9 Å². The van der Waals surface area contributed by atoms with E-state index >= 15 is 0 Å². The Balaban J connectivity index is 2.03. The van der Waals surface area contributed by atoms with Gasteiger partial charge in [-0.1, -0.05) is 11.2 Å². The summed E-state index contributed by atoms with van der Waals surface area (Å²) in [6.07, 6.45) is 1.75. The molecule has 0 saturated heterocycles. The van der Waals surface area contributed by atoms with Gasteiger partial charge in [0.2, 0.25) is 0 Å². The summed E-state index contributed by atoms with van der Waals surface area (Å²) in [5.74, 6) is 0.291. The predicted molar refractivity (Wildman–Crippen MR) is 80.4 cm³/mol. The molecule has 0 radical (unpaired) electrons. The molecule has 0 saturated carbocycles. The van der Waals surface area contributed by atoms with Crippen molar-refractivity contribution in [3.63, 3.8) is 0 Å². The number of aryl methyl sites for hydroxylation is 3. The fraction of sp³-hybridized carbons (Fsp3) is 0.188. The first kappa shape index (κ1) is 13.3. The van der Waals surface area contributed by atoms with Crippen molar-refractivity contribution in [3.05, 3.63) is 53.0 Å². The van der Waals surface area contributed by atoms with Crippen LogP contribution in [-0.2, 0) is 0 Å². The number of rotatable bonds is 2. The lowest BCUT2D eigenvalue weighted by Gasteiger charge is -2.09. The summed E-state index contributed by atoms with van der Waals surface area (Å²) in [7, 11) is 0. The zero-order chi connectivity index (χ0) is 15.0. The van der Waals surface area contributed by atoms with Gasteiger partial charge in [0.1, 0.15) is 11.3 Å². The highest BCUT2D eigenvalue weighted by Gasteiger charge is 2.18. The minimum Gasteiger partial charge on any atom is -0.361 e. The van der Waals surface area contributed by atoms with Crippen molar-refractivity contribution in [2.75, 3.05) is 5.32 Å². The standard InChI is InChI=1S/C16H15N3O2/c1-9-6-7-13(12-5-4-8-17-15(9)12)18-16(20)14-10(2)19-21-11(14)3/h4-8H,1-3H3,(H,18,20). The molecule has 1 aromatic carbocycles. The third-order valence-corrected chi connectivity index (χ3v) is 3.48. The van der Waals surface area contributed by atoms with Gasteiger partial charge in [-0.15, -0.1) is 0 Å². The average Bonchev–Trinajstić information content (AvgIpc) is 2.81. The van der Waals surface area contributed by atoms with E-state index in [-0.39, 0.29) is 5.91 Å². The number of aromatic nitrogens is 2. The molecule has 5 nitrogen and oxygen atoms in total. The van der Waals surface area contributed by atoms with Gasteiger partial charge in [-0.25, -0.2) is 0 Å². The topological polar surface area (TPSA) is 68.0 Å². The van der Waals surface area contributed by atoms with E-state index in [0.717, 1.165) is 22.2 Å². The highest BCUT2D eigenvalue weighted by Crippen LogP contribution is 2.25. The largest absolute Gasteiger partial charge is 0.361 e. The molecule has 0 aliphatic rings. The average molecular weight is 281 g/mol. The second-order valence-electron chi connectivity index (χ2n) is 4.98. The number of hydrogen-bond donors (Lipinski definition) is 1. The van der Waals surface area contributed by atoms with Crippen LogP contribution in [0.3, 0.4) is 0 Å². The Hall–Kier alpha value is -2.69. The quantitative estimate of drug-likeness (QED) is 0.781. The van der Waals surface area contributed by atoms with Crippen LogP contribution >= 0.6 is 0 Å². The molecule has 2 aromatic heterocycles. The van der Waals surface area contributed by atoms with Crippen LogP contribution in [0.5, 0.6) is 0 Å². The Bertz CT molecular complexity index is 817. The van der Waals surface area contributed by atoms with Crippen LogP contribution in [0.1, 0.15) is 27.4 Å². The van der Waals surface area contributed by atoms with E-state index in [1.165, 1.54) is 0 Å². The Morgan fingerprint density at radius 2 is 2.00 bits per heavy atom. The third kappa shape index (κ3) is 2.27. The van der Waals surface area contributed by atoms with E-state index in [2.05, 4.69) is 15.5 Å². The smallest absolute Gasteiger partial charge is 0.261 e. The van der Waals surface area contributed by atoms with E-state index in [0.29, 0.717) is 17.0 Å². The maximum atomic E-state index is 12.4. The minimum atomic E-state index is -0.222. The number of carbonyl (C=O) groups excluding carboxylic acids is 1. The number of fused-ring (bicyclic) bond motifs is 1. The van der Waals surface area contributed by atoms with Crippen LogP contribution in [0.25, 0.3) is 10.9 Å². The van der Waals surface area contributed by atoms with E-state index in [1.54, 1.807) is 20.0 Å². The summed E-state index contributed by atoms with van der Waals surface area (Å²) >= 11 is 0. The molecule has 0 aliphatic carbocycles. The van der Waals surface area contributed by atoms with Crippen LogP contribution in [0.2, 0.25) is 0 Å². The SMILES string of the molecule is Cc1noc(C)c1C(=O)Nc1ccc(C)c2ncccc12. The molecule has 3 aromatic rings. The zero-order valence-corrected chi connectivity index (χ0v) is 12.1. The number of nitrogens with one attached hydrogen (secondary N) is 1. The van der Waals surface area contributed by atoms with Crippen molar-refractivity contribution in [1.29, 1.82) is 0 Å². The first-order chi connectivity index (χ1) is 10.1. The monoisotopic (exact) mass is 281 g/mol. The predicted octanol–water partition coefficient (Wildman–Crippen LogP) is 3.40. The van der Waals surface area contributed by atoms with Crippen molar-refractivity contribution in [2.45, 2.75) is 20.8 Å². The summed E-state index contributed by atoms with van der Waals surface area (Å²) < 4.78 is 5.04. The maximum absolute atomic E-state index is 12.4. The molecule has 2 heterocycles. The van der Waals surface area contributed by atoms with Crippen molar-refractivity contribution >= 4 is 22.5 Å². The number of carbonyl (C=O) groups is 1. The summed E-state index contributed by atoms with van der Waals surface area (Å²) in [4.78, 5) is 16.8. The minimum absolute atomic E-state index is 0.222. The molecular formula is C16H15N3O2. The van der Waals surface area contributed by atoms with E-state index in [1.807, 2.05) is 31.2 Å². The Kier molecular flexibility index (Phi) is 3.17. The Morgan fingerprint density at radius 3 is 2.71 bits per heavy atom. The second-order valence-corrected chi connectivity index (χ2v) is 4.98. The van der Waals surface area contributed by atoms with Gasteiger partial charge >= 0.3 is 0 Å². The van der Waals surface area contributed by atoms with Gasteiger partial charge in [-0.2, -0.15) is 0 Å². The van der Waals surface area contributed by atoms with Crippen molar-refractivity contribution in [3.8, 4) is 0 Å². The number of nitrogens with zero attached hydrogens (tertiary/aromatic N) is 2. The fourth-order valence-electron chi connectivity index (χ4n) is 2.41. The highest BCUT2D eigenvalue weighted by atomic mass is 16.5. The molecule has 1 N–H and O–H groups in total. The molecule has 5 heteroatoms. The van der Waals surface area contributed by atoms with Gasteiger partial charge in [-0.05, 0) is 44.5 Å².